The molecule has 0 radical (unpaired) electrons. The molecule has 0 amide bonds. The first kappa shape index (κ1) is 26.5. The van der Waals surface area contributed by atoms with Crippen LogP contribution < -0.4 is 0 Å². The summed E-state index contributed by atoms with van der Waals surface area (Å²) in [4.78, 5) is 7.53. The van der Waals surface area contributed by atoms with E-state index in [0.29, 0.717) is 33.9 Å². The summed E-state index contributed by atoms with van der Waals surface area (Å²) in [7, 11) is 0. The van der Waals surface area contributed by atoms with Gasteiger partial charge in [0.1, 0.15) is 0 Å². The van der Waals surface area contributed by atoms with E-state index in [9.17, 15) is 10.5 Å². The minimum absolute atomic E-state index is 0.481. The summed E-state index contributed by atoms with van der Waals surface area (Å²) >= 11 is 0. The summed E-state index contributed by atoms with van der Waals surface area (Å²) in [5.74, 6) is 0. The number of aromatic nitrogens is 2. The number of para-hydroxylation sites is 2. The van der Waals surface area contributed by atoms with Gasteiger partial charge in [-0.05, 0) is 59.7 Å². The van der Waals surface area contributed by atoms with Gasteiger partial charge in [0.25, 0.3) is 0 Å². The number of nitriles is 2. The van der Waals surface area contributed by atoms with Gasteiger partial charge in [-0.1, -0.05) is 72.8 Å². The minimum atomic E-state index is 0.481. The Morgan fingerprint density at radius 3 is 1.28 bits per heavy atom. The van der Waals surface area contributed by atoms with E-state index in [-0.39, 0.29) is 0 Å². The second-order valence-corrected chi connectivity index (χ2v) is 11.0. The van der Waals surface area contributed by atoms with E-state index in [1.165, 1.54) is 0 Å². The summed E-state index contributed by atoms with van der Waals surface area (Å²) in [6.07, 6.45) is 0. The van der Waals surface area contributed by atoms with Crippen molar-refractivity contribution in [1.82, 2.24) is 9.13 Å². The van der Waals surface area contributed by atoms with Gasteiger partial charge in [-0.2, -0.15) is 10.5 Å². The first-order valence-corrected chi connectivity index (χ1v) is 14.5. The smallest absolute Gasteiger partial charge is 0.210 e. The van der Waals surface area contributed by atoms with E-state index in [1.807, 2.05) is 36.4 Å². The SMILES string of the molecule is [C-]#[N+]c1ccc(C#N)cc1-n1c2ccccc2c2cc(-c3ccc4c(c3)c3ccccc3n4-c3cc(C#N)ccc3[N+]#[C-])ccc21. The molecule has 0 aliphatic carbocycles. The Balaban J connectivity index is 1.36. The van der Waals surface area contributed by atoms with E-state index >= 15 is 0 Å². The minimum Gasteiger partial charge on any atom is -0.319 e. The Bertz CT molecular complexity index is 2560. The van der Waals surface area contributed by atoms with Crippen LogP contribution in [0.5, 0.6) is 0 Å². The molecule has 0 atom stereocenters. The predicted molar refractivity (Wildman–Crippen MR) is 183 cm³/mol. The van der Waals surface area contributed by atoms with Crippen molar-refractivity contribution in [3.63, 3.8) is 0 Å². The third-order valence-electron chi connectivity index (χ3n) is 8.61. The third-order valence-corrected chi connectivity index (χ3v) is 8.61. The van der Waals surface area contributed by atoms with Gasteiger partial charge in [-0.3, -0.25) is 0 Å². The van der Waals surface area contributed by atoms with Crippen LogP contribution in [0.15, 0.2) is 121 Å². The van der Waals surface area contributed by atoms with Crippen molar-refractivity contribution in [2.24, 2.45) is 0 Å². The van der Waals surface area contributed by atoms with E-state index in [0.717, 1.165) is 54.7 Å². The fourth-order valence-corrected chi connectivity index (χ4v) is 6.56. The topological polar surface area (TPSA) is 66.2 Å². The Morgan fingerprint density at radius 2 is 0.870 bits per heavy atom. The zero-order chi connectivity index (χ0) is 31.4. The predicted octanol–water partition coefficient (Wildman–Crippen LogP) is 10.4. The highest BCUT2D eigenvalue weighted by atomic mass is 15.0. The summed E-state index contributed by atoms with van der Waals surface area (Å²) < 4.78 is 4.15. The summed E-state index contributed by atoms with van der Waals surface area (Å²) in [6.45, 7) is 15.6. The number of rotatable bonds is 3. The van der Waals surface area contributed by atoms with Gasteiger partial charge in [-0.25, -0.2) is 9.69 Å². The normalized spacial score (nSPS) is 11.0. The molecule has 2 aromatic heterocycles. The van der Waals surface area contributed by atoms with Gasteiger partial charge >= 0.3 is 0 Å². The lowest BCUT2D eigenvalue weighted by Crippen LogP contribution is -1.95. The van der Waals surface area contributed by atoms with Gasteiger partial charge in [0.2, 0.25) is 11.4 Å². The Hall–Kier alpha value is -7.12. The number of benzene rings is 6. The lowest BCUT2D eigenvalue weighted by Gasteiger charge is -2.11. The molecule has 6 aromatic carbocycles. The van der Waals surface area contributed by atoms with E-state index in [2.05, 4.69) is 79.5 Å². The molecule has 8 rings (SSSR count). The maximum Gasteiger partial charge on any atom is 0.210 e. The van der Waals surface area contributed by atoms with Crippen LogP contribution in [0, 0.1) is 35.8 Å². The van der Waals surface area contributed by atoms with Crippen LogP contribution in [-0.4, -0.2) is 9.13 Å². The standard InChI is InChI=1S/C40H20N6/c1-43-33-15-11-25(23-41)19-39(33)45-35-9-5-3-7-29(35)31-21-27(13-17-37(31)45)28-14-18-38-32(22-28)30-8-4-6-10-36(30)46(38)40-20-26(24-42)12-16-34(40)44-2/h3-22H. The van der Waals surface area contributed by atoms with Gasteiger partial charge < -0.3 is 9.13 Å². The van der Waals surface area contributed by atoms with E-state index in [4.69, 9.17) is 13.1 Å². The van der Waals surface area contributed by atoms with Crippen LogP contribution in [0.1, 0.15) is 11.1 Å². The van der Waals surface area contributed by atoms with Crippen LogP contribution in [-0.2, 0) is 0 Å². The third kappa shape index (κ3) is 3.86. The van der Waals surface area contributed by atoms with Gasteiger partial charge in [0.15, 0.2) is 0 Å². The van der Waals surface area contributed by atoms with Crippen molar-refractivity contribution < 1.29 is 0 Å². The quantitative estimate of drug-likeness (QED) is 0.194. The maximum absolute atomic E-state index is 9.61. The van der Waals surface area contributed by atoms with Gasteiger partial charge in [0, 0.05) is 21.5 Å². The number of fused-ring (bicyclic) bond motifs is 6. The van der Waals surface area contributed by atoms with Crippen molar-refractivity contribution in [3.05, 3.63) is 155 Å². The molecule has 210 valence electrons. The zero-order valence-corrected chi connectivity index (χ0v) is 24.2. The molecular weight excluding hydrogens is 564 g/mol. The van der Waals surface area contributed by atoms with Crippen molar-refractivity contribution >= 4 is 55.0 Å². The highest BCUT2D eigenvalue weighted by Gasteiger charge is 2.18. The molecule has 6 heteroatoms. The number of hydrogen-bond acceptors (Lipinski definition) is 2. The van der Waals surface area contributed by atoms with Crippen molar-refractivity contribution in [1.29, 1.82) is 10.5 Å². The lowest BCUT2D eigenvalue weighted by atomic mass is 10.0. The second kappa shape index (κ2) is 10.3. The van der Waals surface area contributed by atoms with Crippen molar-refractivity contribution in [2.45, 2.75) is 0 Å². The Kier molecular flexibility index (Phi) is 5.91. The first-order valence-electron chi connectivity index (χ1n) is 14.5. The summed E-state index contributed by atoms with van der Waals surface area (Å²) in [5, 5.41) is 23.4. The molecule has 0 bridgehead atoms. The molecule has 46 heavy (non-hydrogen) atoms. The average molecular weight is 585 g/mol. The van der Waals surface area contributed by atoms with Crippen LogP contribution in [0.2, 0.25) is 0 Å². The van der Waals surface area contributed by atoms with Crippen LogP contribution in [0.4, 0.5) is 11.4 Å². The van der Waals surface area contributed by atoms with Crippen LogP contribution in [0.3, 0.4) is 0 Å². The molecule has 0 aliphatic heterocycles. The molecule has 0 saturated carbocycles. The number of hydrogen-bond donors (Lipinski definition) is 0. The van der Waals surface area contributed by atoms with Crippen LogP contribution in [0.25, 0.3) is 75.8 Å². The highest BCUT2D eigenvalue weighted by Crippen LogP contribution is 2.40. The summed E-state index contributed by atoms with van der Waals surface area (Å²) in [5.41, 5.74) is 9.23. The Labute approximate surface area is 264 Å². The first-order chi connectivity index (χ1) is 22.6. The largest absolute Gasteiger partial charge is 0.319 e. The van der Waals surface area contributed by atoms with E-state index in [1.54, 1.807) is 36.4 Å². The fraction of sp³-hybridized carbons (Fsp3) is 0. The molecular formula is C40H20N6. The molecule has 6 nitrogen and oxygen atoms in total. The molecule has 0 aliphatic rings. The monoisotopic (exact) mass is 584 g/mol. The average Bonchev–Trinajstić information content (AvgIpc) is 3.63. The second-order valence-electron chi connectivity index (χ2n) is 11.0. The summed E-state index contributed by atoms with van der Waals surface area (Å²) in [6, 6.07) is 43.8. The van der Waals surface area contributed by atoms with Crippen molar-refractivity contribution in [3.8, 4) is 34.6 Å². The molecule has 0 saturated heterocycles. The fourth-order valence-electron chi connectivity index (χ4n) is 6.56. The molecule has 0 fully saturated rings. The van der Waals surface area contributed by atoms with Crippen LogP contribution >= 0.6 is 0 Å². The molecule has 0 spiro atoms. The Morgan fingerprint density at radius 1 is 0.457 bits per heavy atom. The van der Waals surface area contributed by atoms with E-state index < -0.39 is 0 Å². The molecule has 8 aromatic rings. The molecule has 0 unspecified atom stereocenters. The maximum atomic E-state index is 9.61. The molecule has 2 heterocycles. The van der Waals surface area contributed by atoms with Gasteiger partial charge in [-0.15, -0.1) is 0 Å². The van der Waals surface area contributed by atoms with Crippen molar-refractivity contribution in [2.75, 3.05) is 0 Å². The molecule has 0 N–H and O–H groups in total. The highest BCUT2D eigenvalue weighted by molar-refractivity contribution is 6.13. The zero-order valence-electron chi connectivity index (χ0n) is 24.2. The van der Waals surface area contributed by atoms with Gasteiger partial charge in [0.05, 0.1) is 69.9 Å². The number of nitrogens with zero attached hydrogens (tertiary/aromatic N) is 6. The lowest BCUT2D eigenvalue weighted by molar-refractivity contribution is 1.18.